The van der Waals surface area contributed by atoms with E-state index in [2.05, 4.69) is 45.3 Å². The molecular formula is C26H19BrN2O4. The molecule has 33 heavy (non-hydrogen) atoms. The summed E-state index contributed by atoms with van der Waals surface area (Å²) in [7, 11) is 1.52. The molecule has 0 unspecified atom stereocenters. The number of phenols is 1. The van der Waals surface area contributed by atoms with Crippen molar-refractivity contribution in [2.45, 2.75) is 11.8 Å². The van der Waals surface area contributed by atoms with Crippen LogP contribution in [0.3, 0.4) is 0 Å². The van der Waals surface area contributed by atoms with E-state index in [1.54, 1.807) is 12.1 Å². The van der Waals surface area contributed by atoms with Gasteiger partial charge in [0.15, 0.2) is 0 Å². The standard InChI is InChI=1S/C26H19BrN2O4/c1-33-14-10-13(24(30)19(27)11-14)12-28-29-25(31)22-20-15-6-2-3-7-16(15)21(23(22)26(29)32)18-9-5-4-8-17(18)20/h2-12,20-23,30H,1H3/b28-12-/t20?,21?,22-,23+. The number of halogens is 1. The molecular weight excluding hydrogens is 484 g/mol. The Morgan fingerprint density at radius 3 is 1.85 bits per heavy atom. The maximum atomic E-state index is 13.6. The molecule has 7 rings (SSSR count). The molecule has 1 fully saturated rings. The highest BCUT2D eigenvalue weighted by Crippen LogP contribution is 2.60. The zero-order chi connectivity index (χ0) is 22.9. The molecule has 2 amide bonds. The number of carbonyl (C=O) groups is 2. The number of aromatic hydroxyl groups is 1. The number of phenolic OH excluding ortho intramolecular Hbond substituents is 1. The SMILES string of the molecule is COc1cc(Br)c(O)c(/C=N\N2C(=O)[C@@H]3C4c5ccccc5C(c5ccccc54)[C@@H]3C2=O)c1. The van der Waals surface area contributed by atoms with Crippen molar-refractivity contribution in [3.63, 3.8) is 0 Å². The lowest BCUT2D eigenvalue weighted by atomic mass is 9.55. The molecule has 1 saturated heterocycles. The number of carbonyl (C=O) groups excluding carboxylic acids is 2. The maximum absolute atomic E-state index is 13.6. The van der Waals surface area contributed by atoms with Crippen molar-refractivity contribution >= 4 is 34.0 Å². The first-order valence-electron chi connectivity index (χ1n) is 10.7. The summed E-state index contributed by atoms with van der Waals surface area (Å²) in [6.07, 6.45) is 1.33. The number of nitrogens with zero attached hydrogens (tertiary/aromatic N) is 2. The van der Waals surface area contributed by atoms with Crippen molar-refractivity contribution < 1.29 is 19.4 Å². The van der Waals surface area contributed by atoms with E-state index in [4.69, 9.17) is 4.74 Å². The molecule has 0 saturated carbocycles. The van der Waals surface area contributed by atoms with Gasteiger partial charge in [-0.15, -0.1) is 0 Å². The molecule has 3 aliphatic carbocycles. The first-order valence-corrected chi connectivity index (χ1v) is 11.5. The number of hydrazone groups is 1. The molecule has 2 atom stereocenters. The van der Waals surface area contributed by atoms with E-state index in [0.717, 1.165) is 27.3 Å². The van der Waals surface area contributed by atoms with Crippen LogP contribution in [-0.2, 0) is 9.59 Å². The van der Waals surface area contributed by atoms with E-state index >= 15 is 0 Å². The highest BCUT2D eigenvalue weighted by molar-refractivity contribution is 9.10. The van der Waals surface area contributed by atoms with Crippen LogP contribution in [0, 0.1) is 11.8 Å². The highest BCUT2D eigenvalue weighted by Gasteiger charge is 2.61. The Morgan fingerprint density at radius 2 is 1.39 bits per heavy atom. The first-order chi connectivity index (χ1) is 16.0. The average molecular weight is 503 g/mol. The Morgan fingerprint density at radius 1 is 0.909 bits per heavy atom. The monoisotopic (exact) mass is 502 g/mol. The summed E-state index contributed by atoms with van der Waals surface area (Å²) in [5.41, 5.74) is 4.80. The summed E-state index contributed by atoms with van der Waals surface area (Å²) in [4.78, 5) is 27.1. The molecule has 0 spiro atoms. The number of hydrogen-bond donors (Lipinski definition) is 1. The van der Waals surface area contributed by atoms with Crippen LogP contribution < -0.4 is 4.74 Å². The van der Waals surface area contributed by atoms with Crippen molar-refractivity contribution in [2.24, 2.45) is 16.9 Å². The highest BCUT2D eigenvalue weighted by atomic mass is 79.9. The number of rotatable bonds is 3. The maximum Gasteiger partial charge on any atom is 0.254 e. The van der Waals surface area contributed by atoms with Crippen LogP contribution in [0.2, 0.25) is 0 Å². The predicted octanol–water partition coefficient (Wildman–Crippen LogP) is 4.39. The molecule has 0 aromatic heterocycles. The molecule has 6 nitrogen and oxygen atoms in total. The predicted molar refractivity (Wildman–Crippen MR) is 125 cm³/mol. The molecule has 7 heteroatoms. The van der Waals surface area contributed by atoms with Gasteiger partial charge in [0.25, 0.3) is 11.8 Å². The number of benzene rings is 3. The Hall–Kier alpha value is -3.45. The van der Waals surface area contributed by atoms with Crippen LogP contribution in [0.5, 0.6) is 11.5 Å². The molecule has 1 aliphatic heterocycles. The summed E-state index contributed by atoms with van der Waals surface area (Å²) in [5, 5.41) is 15.6. The normalized spacial score (nSPS) is 24.7. The van der Waals surface area contributed by atoms with Crippen molar-refractivity contribution in [1.29, 1.82) is 0 Å². The number of hydrogen-bond acceptors (Lipinski definition) is 5. The summed E-state index contributed by atoms with van der Waals surface area (Å²) >= 11 is 3.28. The van der Waals surface area contributed by atoms with Crippen LogP contribution in [0.1, 0.15) is 39.7 Å². The molecule has 3 aromatic rings. The fourth-order valence-electron chi connectivity index (χ4n) is 5.71. The van der Waals surface area contributed by atoms with Crippen LogP contribution in [0.15, 0.2) is 70.2 Å². The summed E-state index contributed by atoms with van der Waals surface area (Å²) in [6, 6.07) is 19.4. The van der Waals surface area contributed by atoms with E-state index in [1.807, 2.05) is 24.3 Å². The van der Waals surface area contributed by atoms with Crippen LogP contribution in [-0.4, -0.2) is 35.3 Å². The topological polar surface area (TPSA) is 79.2 Å². The smallest absolute Gasteiger partial charge is 0.254 e. The minimum absolute atomic E-state index is 0.0454. The van der Waals surface area contributed by atoms with E-state index in [0.29, 0.717) is 15.8 Å². The van der Waals surface area contributed by atoms with Crippen molar-refractivity contribution in [3.8, 4) is 11.5 Å². The van der Waals surface area contributed by atoms with Gasteiger partial charge in [-0.2, -0.15) is 10.1 Å². The fourth-order valence-corrected chi connectivity index (χ4v) is 6.16. The lowest BCUT2D eigenvalue weighted by Gasteiger charge is -2.45. The van der Waals surface area contributed by atoms with Crippen molar-refractivity contribution in [3.05, 3.63) is 93.0 Å². The largest absolute Gasteiger partial charge is 0.506 e. The quantitative estimate of drug-likeness (QED) is 0.425. The average Bonchev–Trinajstić information content (AvgIpc) is 3.10. The van der Waals surface area contributed by atoms with E-state index in [1.165, 1.54) is 13.3 Å². The van der Waals surface area contributed by atoms with Gasteiger partial charge in [0.05, 0.1) is 29.6 Å². The summed E-state index contributed by atoms with van der Waals surface area (Å²) < 4.78 is 5.67. The molecule has 1 N–H and O–H groups in total. The minimum atomic E-state index is -0.491. The Bertz CT molecular complexity index is 1250. The van der Waals surface area contributed by atoms with Gasteiger partial charge in [0.2, 0.25) is 0 Å². The fraction of sp³-hybridized carbons (Fsp3) is 0.192. The van der Waals surface area contributed by atoms with Crippen LogP contribution in [0.4, 0.5) is 0 Å². The lowest BCUT2D eigenvalue weighted by molar-refractivity contribution is -0.139. The van der Waals surface area contributed by atoms with Gasteiger partial charge in [-0.1, -0.05) is 48.5 Å². The second-order valence-corrected chi connectivity index (χ2v) is 9.40. The Kier molecular flexibility index (Phi) is 4.45. The Balaban J connectivity index is 1.43. The van der Waals surface area contributed by atoms with Gasteiger partial charge >= 0.3 is 0 Å². The number of amides is 2. The zero-order valence-electron chi connectivity index (χ0n) is 17.6. The molecule has 3 aromatic carbocycles. The van der Waals surface area contributed by atoms with Gasteiger partial charge in [0.1, 0.15) is 11.5 Å². The lowest BCUT2D eigenvalue weighted by Crippen LogP contribution is -2.41. The number of ether oxygens (including phenoxy) is 1. The second-order valence-electron chi connectivity index (χ2n) is 8.54. The molecule has 164 valence electrons. The second kappa shape index (κ2) is 7.28. The third-order valence-corrected chi connectivity index (χ3v) is 7.64. The summed E-state index contributed by atoms with van der Waals surface area (Å²) in [5.74, 6) is -1.48. The number of methoxy groups -OCH3 is 1. The van der Waals surface area contributed by atoms with E-state index in [9.17, 15) is 14.7 Å². The van der Waals surface area contributed by atoms with Gasteiger partial charge < -0.3 is 9.84 Å². The molecule has 0 radical (unpaired) electrons. The van der Waals surface area contributed by atoms with E-state index in [-0.39, 0.29) is 29.4 Å². The van der Waals surface area contributed by atoms with Crippen LogP contribution >= 0.6 is 15.9 Å². The Labute approximate surface area is 198 Å². The zero-order valence-corrected chi connectivity index (χ0v) is 19.2. The first kappa shape index (κ1) is 20.2. The molecule has 2 bridgehead atoms. The third kappa shape index (κ3) is 2.75. The minimum Gasteiger partial charge on any atom is -0.506 e. The van der Waals surface area contributed by atoms with Gasteiger partial charge in [-0.05, 0) is 50.3 Å². The van der Waals surface area contributed by atoms with E-state index < -0.39 is 11.8 Å². The molecule has 4 aliphatic rings. The third-order valence-electron chi connectivity index (χ3n) is 7.04. The van der Waals surface area contributed by atoms with Gasteiger partial charge in [-0.25, -0.2) is 0 Å². The number of imide groups is 1. The van der Waals surface area contributed by atoms with Crippen LogP contribution in [0.25, 0.3) is 0 Å². The van der Waals surface area contributed by atoms with Crippen molar-refractivity contribution in [2.75, 3.05) is 7.11 Å². The molecule has 1 heterocycles. The van der Waals surface area contributed by atoms with Crippen molar-refractivity contribution in [1.82, 2.24) is 5.01 Å². The van der Waals surface area contributed by atoms with Gasteiger partial charge in [-0.3, -0.25) is 9.59 Å². The summed E-state index contributed by atoms with van der Waals surface area (Å²) in [6.45, 7) is 0. The van der Waals surface area contributed by atoms with Gasteiger partial charge in [0, 0.05) is 17.4 Å².